The number of halogens is 1. The fourth-order valence-electron chi connectivity index (χ4n) is 2.25. The molecule has 0 fully saturated rings. The Morgan fingerprint density at radius 1 is 0.964 bits per heavy atom. The smallest absolute Gasteiger partial charge is 0.264 e. The number of carbonyl (C=O) groups excluding carboxylic acids is 3. The van der Waals surface area contributed by atoms with Crippen molar-refractivity contribution in [2.45, 2.75) is 18.2 Å². The molecule has 0 atom stereocenters. The lowest BCUT2D eigenvalue weighted by molar-refractivity contribution is -0.117. The number of sulfonamides is 1. The summed E-state index contributed by atoms with van der Waals surface area (Å²) in [7, 11) is -3.95. The molecule has 148 valence electrons. The zero-order chi connectivity index (χ0) is 20.7. The molecule has 0 bridgehead atoms. The molecule has 0 saturated heterocycles. The van der Waals surface area contributed by atoms with E-state index in [2.05, 4.69) is 10.6 Å². The Bertz CT molecular complexity index is 991. The zero-order valence-electron chi connectivity index (χ0n) is 14.9. The first-order valence-electron chi connectivity index (χ1n) is 8.12. The molecule has 0 heterocycles. The van der Waals surface area contributed by atoms with Crippen LogP contribution in [0.5, 0.6) is 0 Å². The van der Waals surface area contributed by atoms with Gasteiger partial charge in [-0.25, -0.2) is 13.1 Å². The Morgan fingerprint density at radius 3 is 2.21 bits per heavy atom. The highest BCUT2D eigenvalue weighted by molar-refractivity contribution is 7.90. The van der Waals surface area contributed by atoms with Crippen molar-refractivity contribution in [3.05, 3.63) is 54.1 Å². The standard InChI is InChI=1S/C18H18ClN3O5S/c1-12(23)22-28(26,27)14-8-6-13(7-9-14)20-18(25)15-4-2-3-5-16(15)21-17(24)10-11-19/h2-9H,10-11H2,1H3,(H,20,25)(H,21,24)(H,22,23). The van der Waals surface area contributed by atoms with E-state index < -0.39 is 21.8 Å². The predicted octanol–water partition coefficient (Wildman–Crippen LogP) is 2.33. The average molecular weight is 424 g/mol. The number of hydrogen-bond acceptors (Lipinski definition) is 5. The fraction of sp³-hybridized carbons (Fsp3) is 0.167. The first-order chi connectivity index (χ1) is 13.2. The van der Waals surface area contributed by atoms with E-state index in [1.807, 2.05) is 4.72 Å². The summed E-state index contributed by atoms with van der Waals surface area (Å²) in [6.45, 7) is 1.09. The normalized spacial score (nSPS) is 10.8. The van der Waals surface area contributed by atoms with Gasteiger partial charge in [0.15, 0.2) is 0 Å². The van der Waals surface area contributed by atoms with Crippen LogP contribution in [0.2, 0.25) is 0 Å². The summed E-state index contributed by atoms with van der Waals surface area (Å²) < 4.78 is 25.7. The largest absolute Gasteiger partial charge is 0.325 e. The van der Waals surface area contributed by atoms with Crippen molar-refractivity contribution in [2.75, 3.05) is 16.5 Å². The Kier molecular flexibility index (Phi) is 7.13. The summed E-state index contributed by atoms with van der Waals surface area (Å²) in [5.74, 6) is -1.35. The molecule has 28 heavy (non-hydrogen) atoms. The number of anilines is 2. The van der Waals surface area contributed by atoms with Crippen LogP contribution in [0.25, 0.3) is 0 Å². The highest BCUT2D eigenvalue weighted by Crippen LogP contribution is 2.19. The van der Waals surface area contributed by atoms with Gasteiger partial charge in [-0.1, -0.05) is 12.1 Å². The molecule has 8 nitrogen and oxygen atoms in total. The van der Waals surface area contributed by atoms with Crippen LogP contribution in [0.3, 0.4) is 0 Å². The van der Waals surface area contributed by atoms with Gasteiger partial charge in [0, 0.05) is 24.9 Å². The Hall–Kier alpha value is -2.91. The highest BCUT2D eigenvalue weighted by Gasteiger charge is 2.16. The molecule has 3 N–H and O–H groups in total. The van der Waals surface area contributed by atoms with Crippen molar-refractivity contribution >= 4 is 50.7 Å². The minimum absolute atomic E-state index is 0.113. The van der Waals surface area contributed by atoms with Gasteiger partial charge in [-0.2, -0.15) is 0 Å². The van der Waals surface area contributed by atoms with E-state index >= 15 is 0 Å². The van der Waals surface area contributed by atoms with Gasteiger partial charge in [-0.05, 0) is 36.4 Å². The molecule has 0 aromatic heterocycles. The third-order valence-electron chi connectivity index (χ3n) is 3.47. The maximum Gasteiger partial charge on any atom is 0.264 e. The maximum absolute atomic E-state index is 12.5. The summed E-state index contributed by atoms with van der Waals surface area (Å²) in [5.41, 5.74) is 0.911. The molecule has 0 aliphatic rings. The average Bonchev–Trinajstić information content (AvgIpc) is 2.61. The van der Waals surface area contributed by atoms with E-state index in [1.165, 1.54) is 24.3 Å². The van der Waals surface area contributed by atoms with Crippen LogP contribution in [-0.4, -0.2) is 32.0 Å². The van der Waals surface area contributed by atoms with E-state index in [1.54, 1.807) is 24.3 Å². The van der Waals surface area contributed by atoms with E-state index in [-0.39, 0.29) is 28.7 Å². The molecule has 0 radical (unpaired) electrons. The monoisotopic (exact) mass is 423 g/mol. The van der Waals surface area contributed by atoms with Crippen LogP contribution in [0, 0.1) is 0 Å². The second-order valence-corrected chi connectivity index (χ2v) is 7.73. The number of para-hydroxylation sites is 1. The SMILES string of the molecule is CC(=O)NS(=O)(=O)c1ccc(NC(=O)c2ccccc2NC(=O)CCCl)cc1. The van der Waals surface area contributed by atoms with Crippen LogP contribution in [-0.2, 0) is 19.6 Å². The summed E-state index contributed by atoms with van der Waals surface area (Å²) in [4.78, 5) is 35.1. The molecule has 10 heteroatoms. The lowest BCUT2D eigenvalue weighted by Crippen LogP contribution is -2.28. The number of hydrogen-bond donors (Lipinski definition) is 3. The molecule has 0 spiro atoms. The number of rotatable bonds is 7. The molecule has 0 aliphatic carbocycles. The first-order valence-corrected chi connectivity index (χ1v) is 10.1. The number of carbonyl (C=O) groups is 3. The number of benzene rings is 2. The summed E-state index contributed by atoms with van der Waals surface area (Å²) in [5, 5.41) is 5.25. The van der Waals surface area contributed by atoms with E-state index in [4.69, 9.17) is 11.6 Å². The van der Waals surface area contributed by atoms with E-state index in [0.29, 0.717) is 11.4 Å². The van der Waals surface area contributed by atoms with Gasteiger partial charge in [0.1, 0.15) is 0 Å². The van der Waals surface area contributed by atoms with Crippen molar-refractivity contribution in [2.24, 2.45) is 0 Å². The summed E-state index contributed by atoms with van der Waals surface area (Å²) in [6.07, 6.45) is 0.113. The van der Waals surface area contributed by atoms with E-state index in [0.717, 1.165) is 6.92 Å². The Balaban J connectivity index is 2.16. The number of alkyl halides is 1. The third-order valence-corrected chi connectivity index (χ3v) is 5.11. The quantitative estimate of drug-likeness (QED) is 0.590. The van der Waals surface area contributed by atoms with Crippen molar-refractivity contribution in [1.82, 2.24) is 4.72 Å². The topological polar surface area (TPSA) is 121 Å². The number of amides is 3. The maximum atomic E-state index is 12.5. The predicted molar refractivity (Wildman–Crippen MR) is 106 cm³/mol. The van der Waals surface area contributed by atoms with Crippen LogP contribution >= 0.6 is 11.6 Å². The van der Waals surface area contributed by atoms with Crippen LogP contribution in [0.1, 0.15) is 23.7 Å². The lowest BCUT2D eigenvalue weighted by atomic mass is 10.1. The minimum Gasteiger partial charge on any atom is -0.325 e. The zero-order valence-corrected chi connectivity index (χ0v) is 16.4. The fourth-order valence-corrected chi connectivity index (χ4v) is 3.41. The van der Waals surface area contributed by atoms with E-state index in [9.17, 15) is 22.8 Å². The van der Waals surface area contributed by atoms with Crippen molar-refractivity contribution < 1.29 is 22.8 Å². The van der Waals surface area contributed by atoms with Crippen molar-refractivity contribution in [1.29, 1.82) is 0 Å². The number of nitrogens with one attached hydrogen (secondary N) is 3. The Labute approximate surface area is 167 Å². The van der Waals surface area contributed by atoms with Crippen molar-refractivity contribution in [3.63, 3.8) is 0 Å². The third kappa shape index (κ3) is 5.80. The molecule has 3 amide bonds. The van der Waals surface area contributed by atoms with Crippen LogP contribution < -0.4 is 15.4 Å². The molecular weight excluding hydrogens is 406 g/mol. The first kappa shape index (κ1) is 21.4. The molecule has 2 rings (SSSR count). The lowest BCUT2D eigenvalue weighted by Gasteiger charge is -2.11. The van der Waals surface area contributed by atoms with Gasteiger partial charge in [0.2, 0.25) is 11.8 Å². The molecule has 0 aliphatic heterocycles. The molecule has 2 aromatic carbocycles. The second kappa shape index (κ2) is 9.34. The van der Waals surface area contributed by atoms with Crippen molar-refractivity contribution in [3.8, 4) is 0 Å². The van der Waals surface area contributed by atoms with Crippen LogP contribution in [0.4, 0.5) is 11.4 Å². The molecule has 0 saturated carbocycles. The summed E-state index contributed by atoms with van der Waals surface area (Å²) in [6, 6.07) is 11.8. The second-order valence-electron chi connectivity index (χ2n) is 5.67. The van der Waals surface area contributed by atoms with Gasteiger partial charge >= 0.3 is 0 Å². The van der Waals surface area contributed by atoms with Gasteiger partial charge in [0.25, 0.3) is 15.9 Å². The van der Waals surface area contributed by atoms with Gasteiger partial charge in [-0.15, -0.1) is 11.6 Å². The molecule has 0 unspecified atom stereocenters. The Morgan fingerprint density at radius 2 is 1.61 bits per heavy atom. The summed E-state index contributed by atoms with van der Waals surface area (Å²) >= 11 is 5.54. The highest BCUT2D eigenvalue weighted by atomic mass is 35.5. The van der Waals surface area contributed by atoms with Gasteiger partial charge < -0.3 is 10.6 Å². The minimum atomic E-state index is -3.95. The molecular formula is C18H18ClN3O5S. The van der Waals surface area contributed by atoms with Gasteiger partial charge in [-0.3, -0.25) is 14.4 Å². The van der Waals surface area contributed by atoms with Crippen LogP contribution in [0.15, 0.2) is 53.4 Å². The molecule has 2 aromatic rings. The van der Waals surface area contributed by atoms with Gasteiger partial charge in [0.05, 0.1) is 16.1 Å².